The van der Waals surface area contributed by atoms with Crippen LogP contribution < -0.4 is 10.6 Å². The molecule has 0 saturated heterocycles. The molecule has 0 bridgehead atoms. The van der Waals surface area contributed by atoms with Gasteiger partial charge in [0.2, 0.25) is 0 Å². The molecule has 4 aromatic rings. The van der Waals surface area contributed by atoms with Crippen LogP contribution in [0.15, 0.2) is 48.5 Å². The minimum absolute atomic E-state index is 0.00109. The highest BCUT2D eigenvalue weighted by molar-refractivity contribution is 6.33. The van der Waals surface area contributed by atoms with E-state index in [4.69, 9.17) is 0 Å². The van der Waals surface area contributed by atoms with Crippen molar-refractivity contribution in [2.24, 2.45) is 0 Å². The molecule has 4 N–H and O–H groups in total. The molecule has 6 amide bonds. The first-order valence-electron chi connectivity index (χ1n) is 22.0. The summed E-state index contributed by atoms with van der Waals surface area (Å²) in [5.74, 6) is -4.74. The predicted octanol–water partition coefficient (Wildman–Crippen LogP) is 7.50. The summed E-state index contributed by atoms with van der Waals surface area (Å²) in [7, 11) is 0. The fraction of sp³-hybridized carbons (Fsp3) is 0.417. The zero-order valence-corrected chi connectivity index (χ0v) is 34.3. The second-order valence-corrected chi connectivity index (χ2v) is 17.5. The minimum Gasteiger partial charge on any atom is -0.478 e. The second-order valence-electron chi connectivity index (χ2n) is 17.5. The number of aromatic carboxylic acids is 2. The van der Waals surface area contributed by atoms with E-state index in [1.807, 2.05) is 0 Å². The van der Waals surface area contributed by atoms with Crippen molar-refractivity contribution in [3.63, 3.8) is 0 Å². The largest absolute Gasteiger partial charge is 0.478 e. The van der Waals surface area contributed by atoms with Crippen LogP contribution in [0.3, 0.4) is 0 Å². The summed E-state index contributed by atoms with van der Waals surface area (Å²) in [4.78, 5) is 106. The van der Waals surface area contributed by atoms with Gasteiger partial charge >= 0.3 is 11.9 Å². The molecule has 62 heavy (non-hydrogen) atoms. The number of imide groups is 2. The number of rotatable bonds is 8. The number of hydrogen-bond donors (Lipinski definition) is 4. The lowest BCUT2D eigenvalue weighted by molar-refractivity contribution is 0.0520. The van der Waals surface area contributed by atoms with Crippen LogP contribution in [0.1, 0.15) is 186 Å². The monoisotopic (exact) mass is 840 g/mol. The Hall–Kier alpha value is -6.44. The maximum Gasteiger partial charge on any atom is 0.336 e. The summed E-state index contributed by atoms with van der Waals surface area (Å²) in [6, 6.07) is 11.7. The van der Waals surface area contributed by atoms with E-state index in [1.165, 1.54) is 34.1 Å². The van der Waals surface area contributed by atoms with Crippen molar-refractivity contribution >= 4 is 68.9 Å². The smallest absolute Gasteiger partial charge is 0.336 e. The van der Waals surface area contributed by atoms with Crippen LogP contribution in [0.5, 0.6) is 0 Å². The number of carboxylic acid groups (broad SMARTS) is 2. The van der Waals surface area contributed by atoms with Gasteiger partial charge in [-0.05, 0) is 99.9 Å². The van der Waals surface area contributed by atoms with Crippen molar-refractivity contribution in [2.75, 3.05) is 0 Å². The highest BCUT2D eigenvalue weighted by atomic mass is 16.4. The van der Waals surface area contributed by atoms with Gasteiger partial charge < -0.3 is 20.8 Å². The number of benzene rings is 4. The van der Waals surface area contributed by atoms with Gasteiger partial charge in [0.05, 0.1) is 11.1 Å². The molecule has 4 fully saturated rings. The number of nitrogens with zero attached hydrogens (tertiary/aromatic N) is 2. The van der Waals surface area contributed by atoms with Crippen molar-refractivity contribution < 1.29 is 48.6 Å². The Morgan fingerprint density at radius 1 is 0.403 bits per heavy atom. The molecular formula is C48H48N4O10. The number of hydrogen-bond acceptors (Lipinski definition) is 8. The van der Waals surface area contributed by atoms with E-state index >= 15 is 0 Å². The summed E-state index contributed by atoms with van der Waals surface area (Å²) in [6.07, 6.45) is 14.8. The van der Waals surface area contributed by atoms with Gasteiger partial charge in [-0.1, -0.05) is 51.4 Å². The average molecular weight is 841 g/mol. The summed E-state index contributed by atoms with van der Waals surface area (Å²) < 4.78 is 0. The normalized spacial score (nSPS) is 19.4. The fourth-order valence-corrected chi connectivity index (χ4v) is 10.8. The van der Waals surface area contributed by atoms with E-state index in [2.05, 4.69) is 10.6 Å². The molecular weight excluding hydrogens is 793 g/mol. The Bertz CT molecular complexity index is 2360. The first-order chi connectivity index (χ1) is 29.9. The number of carbonyl (C=O) groups excluding carboxylic acids is 6. The first-order valence-corrected chi connectivity index (χ1v) is 22.0. The van der Waals surface area contributed by atoms with E-state index in [1.54, 1.807) is 24.3 Å². The summed E-state index contributed by atoms with van der Waals surface area (Å²) >= 11 is 0. The molecule has 0 spiro atoms. The highest BCUT2D eigenvalue weighted by Crippen LogP contribution is 2.41. The van der Waals surface area contributed by atoms with E-state index in [9.17, 15) is 48.6 Å². The number of amides is 6. The molecule has 4 aliphatic carbocycles. The maximum atomic E-state index is 13.3. The molecule has 0 unspecified atom stereocenters. The minimum atomic E-state index is -1.30. The molecule has 320 valence electrons. The highest BCUT2D eigenvalue weighted by Gasteiger charge is 2.44. The molecule has 0 atom stereocenters. The van der Waals surface area contributed by atoms with Crippen LogP contribution >= 0.6 is 0 Å². The lowest BCUT2D eigenvalue weighted by Gasteiger charge is -2.35. The molecule has 6 aliphatic rings. The van der Waals surface area contributed by atoms with Gasteiger partial charge in [-0.15, -0.1) is 0 Å². The molecule has 2 aliphatic heterocycles. The van der Waals surface area contributed by atoms with E-state index < -0.39 is 23.8 Å². The Kier molecular flexibility index (Phi) is 10.9. The molecule has 4 aromatic carbocycles. The fourth-order valence-electron chi connectivity index (χ4n) is 10.8. The van der Waals surface area contributed by atoms with Crippen LogP contribution in [0.2, 0.25) is 0 Å². The van der Waals surface area contributed by atoms with Gasteiger partial charge in [0.1, 0.15) is 0 Å². The maximum absolute atomic E-state index is 13.3. The lowest BCUT2D eigenvalue weighted by atomic mass is 9.85. The molecule has 4 saturated carbocycles. The van der Waals surface area contributed by atoms with E-state index in [-0.39, 0.29) is 80.8 Å². The topological polar surface area (TPSA) is 208 Å². The van der Waals surface area contributed by atoms with E-state index in [0.29, 0.717) is 33.0 Å². The third kappa shape index (κ3) is 6.98. The molecule has 10 rings (SSSR count). The third-order valence-corrected chi connectivity index (χ3v) is 13.8. The summed E-state index contributed by atoms with van der Waals surface area (Å²) in [5, 5.41) is 26.3. The van der Waals surface area contributed by atoms with Crippen molar-refractivity contribution in [3.05, 3.63) is 93.0 Å². The number of carbonyl (C=O) groups is 8. The number of fused-ring (bicyclic) bond motifs is 1. The number of carboxylic acids is 2. The first kappa shape index (κ1) is 40.9. The van der Waals surface area contributed by atoms with Gasteiger partial charge in [-0.2, -0.15) is 0 Å². The quantitative estimate of drug-likeness (QED) is 0.129. The third-order valence-electron chi connectivity index (χ3n) is 13.8. The van der Waals surface area contributed by atoms with Crippen molar-refractivity contribution in [3.8, 4) is 0 Å². The standard InChI is InChI=1S/C24H26N2O6.C24H22N2O4/c27-21(25-13-5-1-2-6-13)15-9-11-18(24(31)32)20-16(10-12-17(19(15)20)23(29)30)22(28)26-14-7-3-4-8-14;27-21-15-9-11-17-20-18(24(30)26(23(17)29)14-7-3-4-8-14)12-10-16(19(15)20)22(28)25(21)13-5-1-2-6-13/h9-14H,1-8H2,(H,25,27)(H,26,28)(H,29,30)(H,31,32);9-14H,1-8H2. The molecule has 14 heteroatoms. The van der Waals surface area contributed by atoms with Crippen molar-refractivity contribution in [1.29, 1.82) is 0 Å². The van der Waals surface area contributed by atoms with Gasteiger partial charge in [0.15, 0.2) is 0 Å². The molecule has 14 nitrogen and oxygen atoms in total. The lowest BCUT2D eigenvalue weighted by Crippen LogP contribution is -2.48. The number of nitrogens with one attached hydrogen (secondary N) is 2. The van der Waals surface area contributed by atoms with Crippen molar-refractivity contribution in [1.82, 2.24) is 20.4 Å². The SMILES string of the molecule is O=C(O)c1ccc(C(=O)NC2CCCC2)c2c(C(=O)O)ccc(C(=O)NC3CCCC3)c12.O=C1c2ccc3c4c(ccc(c24)C(=O)N1C1CCCC1)C(=O)N(C1CCCC1)C3=O. The second kappa shape index (κ2) is 16.4. The summed E-state index contributed by atoms with van der Waals surface area (Å²) in [6.45, 7) is 0. The Morgan fingerprint density at radius 2 is 0.677 bits per heavy atom. The van der Waals surface area contributed by atoms with Gasteiger partial charge in [-0.25, -0.2) is 9.59 Å². The zero-order chi connectivity index (χ0) is 43.4. The molecule has 0 aromatic heterocycles. The van der Waals surface area contributed by atoms with Crippen LogP contribution in [-0.4, -0.2) is 91.6 Å². The van der Waals surface area contributed by atoms with Gasteiger partial charge in [0.25, 0.3) is 35.4 Å². The van der Waals surface area contributed by atoms with Gasteiger partial charge in [-0.3, -0.25) is 38.6 Å². The van der Waals surface area contributed by atoms with Gasteiger partial charge in [0, 0.05) is 79.1 Å². The van der Waals surface area contributed by atoms with Crippen molar-refractivity contribution in [2.45, 2.75) is 127 Å². The molecule has 0 radical (unpaired) electrons. The Balaban J connectivity index is 0.000000158. The van der Waals surface area contributed by atoms with Crippen LogP contribution in [-0.2, 0) is 0 Å². The van der Waals surface area contributed by atoms with Crippen LogP contribution in [0.25, 0.3) is 21.5 Å². The Morgan fingerprint density at radius 3 is 0.968 bits per heavy atom. The Labute approximate surface area is 357 Å². The van der Waals surface area contributed by atoms with Crippen LogP contribution in [0, 0.1) is 0 Å². The average Bonchev–Trinajstić information content (AvgIpc) is 4.12. The summed E-state index contributed by atoms with van der Waals surface area (Å²) in [5.41, 5.74) is 1.39. The van der Waals surface area contributed by atoms with E-state index in [0.717, 1.165) is 103 Å². The van der Waals surface area contributed by atoms with Crippen LogP contribution in [0.4, 0.5) is 0 Å². The zero-order valence-electron chi connectivity index (χ0n) is 34.3. The predicted molar refractivity (Wildman–Crippen MR) is 227 cm³/mol. The molecule has 2 heterocycles.